The number of anilines is 1. The van der Waals surface area contributed by atoms with E-state index < -0.39 is 6.10 Å². The standard InChI is InChI=1S/C20H23N5O3/c1-11-18-19(24(3)23-11)21-12(2)22-20(18)25-7-6-14(15(26)9-25)13-4-5-16-17(8-13)28-10-27-16/h4-5,8,14-15,26H,6-7,9-10H2,1-3H3/t14-,15+/m0/s1. The molecule has 0 spiro atoms. The van der Waals surface area contributed by atoms with Crippen molar-refractivity contribution in [3.05, 3.63) is 35.3 Å². The van der Waals surface area contributed by atoms with Gasteiger partial charge in [-0.3, -0.25) is 4.68 Å². The number of aromatic nitrogens is 4. The lowest BCUT2D eigenvalue weighted by Crippen LogP contribution is -2.43. The zero-order valence-corrected chi connectivity index (χ0v) is 16.2. The van der Waals surface area contributed by atoms with Crippen LogP contribution in [0, 0.1) is 13.8 Å². The molecule has 4 heterocycles. The molecular formula is C20H23N5O3. The number of benzene rings is 1. The first kappa shape index (κ1) is 17.2. The molecule has 0 unspecified atom stereocenters. The number of hydrogen-bond donors (Lipinski definition) is 1. The Morgan fingerprint density at radius 2 is 1.96 bits per heavy atom. The van der Waals surface area contributed by atoms with E-state index in [1.54, 1.807) is 4.68 Å². The molecule has 3 aromatic rings. The lowest BCUT2D eigenvalue weighted by atomic mass is 9.87. The summed E-state index contributed by atoms with van der Waals surface area (Å²) in [6.45, 7) is 5.43. The van der Waals surface area contributed by atoms with Gasteiger partial charge >= 0.3 is 0 Å². The highest BCUT2D eigenvalue weighted by molar-refractivity contribution is 5.90. The van der Waals surface area contributed by atoms with Crippen LogP contribution in [0.4, 0.5) is 5.82 Å². The van der Waals surface area contributed by atoms with Crippen molar-refractivity contribution in [2.45, 2.75) is 32.3 Å². The van der Waals surface area contributed by atoms with Crippen LogP contribution in [0.3, 0.4) is 0 Å². The van der Waals surface area contributed by atoms with E-state index in [4.69, 9.17) is 14.5 Å². The first-order chi connectivity index (χ1) is 13.5. The molecule has 1 N–H and O–H groups in total. The molecule has 1 aromatic carbocycles. The van der Waals surface area contributed by atoms with E-state index in [2.05, 4.69) is 15.0 Å². The Balaban J connectivity index is 1.44. The summed E-state index contributed by atoms with van der Waals surface area (Å²) >= 11 is 0. The Kier molecular flexibility index (Phi) is 3.90. The second-order valence-electron chi connectivity index (χ2n) is 7.52. The van der Waals surface area contributed by atoms with Gasteiger partial charge in [0, 0.05) is 26.1 Å². The minimum absolute atomic E-state index is 0.0548. The molecule has 2 atom stereocenters. The van der Waals surface area contributed by atoms with E-state index in [9.17, 15) is 5.11 Å². The van der Waals surface area contributed by atoms with Crippen molar-refractivity contribution in [3.8, 4) is 11.5 Å². The van der Waals surface area contributed by atoms with E-state index in [1.807, 2.05) is 39.1 Å². The van der Waals surface area contributed by atoms with Crippen LogP contribution < -0.4 is 14.4 Å². The van der Waals surface area contributed by atoms with Crippen molar-refractivity contribution in [2.24, 2.45) is 7.05 Å². The zero-order chi connectivity index (χ0) is 19.4. The number of β-amino-alcohol motifs (C(OH)–C–C–N with tert-alkyl or cyclic N) is 1. The van der Waals surface area contributed by atoms with Crippen LogP contribution >= 0.6 is 0 Å². The van der Waals surface area contributed by atoms with E-state index in [1.165, 1.54) is 0 Å². The van der Waals surface area contributed by atoms with Gasteiger partial charge in [-0.2, -0.15) is 5.10 Å². The minimum Gasteiger partial charge on any atom is -0.454 e. The number of nitrogens with zero attached hydrogens (tertiary/aromatic N) is 5. The van der Waals surface area contributed by atoms with Gasteiger partial charge in [-0.1, -0.05) is 6.07 Å². The van der Waals surface area contributed by atoms with Crippen LogP contribution in [0.5, 0.6) is 11.5 Å². The molecule has 8 heteroatoms. The second-order valence-corrected chi connectivity index (χ2v) is 7.52. The van der Waals surface area contributed by atoms with Crippen LogP contribution in [0.2, 0.25) is 0 Å². The normalized spacial score (nSPS) is 21.5. The Hall–Kier alpha value is -2.87. The van der Waals surface area contributed by atoms with Crippen molar-refractivity contribution in [2.75, 3.05) is 24.8 Å². The third-order valence-corrected chi connectivity index (χ3v) is 5.66. The Morgan fingerprint density at radius 1 is 1.14 bits per heavy atom. The van der Waals surface area contributed by atoms with Crippen LogP contribution in [0.25, 0.3) is 11.0 Å². The SMILES string of the molecule is Cc1nc(N2CC[C@@H](c3ccc4c(c3)OCO4)[C@H](O)C2)c2c(C)nn(C)c2n1. The number of hydrogen-bond acceptors (Lipinski definition) is 7. The van der Waals surface area contributed by atoms with Crippen molar-refractivity contribution in [1.29, 1.82) is 0 Å². The van der Waals surface area contributed by atoms with Gasteiger partial charge < -0.3 is 19.5 Å². The van der Waals surface area contributed by atoms with Crippen molar-refractivity contribution in [1.82, 2.24) is 19.7 Å². The maximum Gasteiger partial charge on any atom is 0.231 e. The molecule has 2 aliphatic rings. The number of piperidine rings is 1. The number of ether oxygens (including phenoxy) is 2. The predicted octanol–water partition coefficient (Wildman–Crippen LogP) is 2.06. The molecule has 146 valence electrons. The van der Waals surface area contributed by atoms with Crippen molar-refractivity contribution in [3.63, 3.8) is 0 Å². The first-order valence-corrected chi connectivity index (χ1v) is 9.52. The quantitative estimate of drug-likeness (QED) is 0.727. The molecule has 2 aromatic heterocycles. The summed E-state index contributed by atoms with van der Waals surface area (Å²) in [6, 6.07) is 5.94. The Bertz CT molecular complexity index is 1060. The first-order valence-electron chi connectivity index (χ1n) is 9.52. The largest absolute Gasteiger partial charge is 0.454 e. The molecule has 0 amide bonds. The number of fused-ring (bicyclic) bond motifs is 2. The highest BCUT2D eigenvalue weighted by atomic mass is 16.7. The Morgan fingerprint density at radius 3 is 2.79 bits per heavy atom. The average Bonchev–Trinajstić information content (AvgIpc) is 3.25. The molecule has 28 heavy (non-hydrogen) atoms. The molecule has 8 nitrogen and oxygen atoms in total. The highest BCUT2D eigenvalue weighted by Gasteiger charge is 2.32. The van der Waals surface area contributed by atoms with Gasteiger partial charge in [0.1, 0.15) is 11.6 Å². The maximum absolute atomic E-state index is 10.9. The van der Waals surface area contributed by atoms with Gasteiger partial charge in [-0.05, 0) is 38.0 Å². The summed E-state index contributed by atoms with van der Waals surface area (Å²) in [5, 5.41) is 16.4. The van der Waals surface area contributed by atoms with Crippen molar-refractivity contribution >= 4 is 16.9 Å². The summed E-state index contributed by atoms with van der Waals surface area (Å²) < 4.78 is 12.7. The van der Waals surface area contributed by atoms with Gasteiger partial charge in [0.25, 0.3) is 0 Å². The summed E-state index contributed by atoms with van der Waals surface area (Å²) in [5.41, 5.74) is 2.81. The number of rotatable bonds is 2. The van der Waals surface area contributed by atoms with Crippen LogP contribution in [0.1, 0.15) is 29.4 Å². The lowest BCUT2D eigenvalue weighted by molar-refractivity contribution is 0.129. The van der Waals surface area contributed by atoms with Crippen LogP contribution in [-0.2, 0) is 7.05 Å². The third kappa shape index (κ3) is 2.67. The molecule has 1 saturated heterocycles. The fraction of sp³-hybridized carbons (Fsp3) is 0.450. The number of aliphatic hydroxyl groups excluding tert-OH is 1. The molecule has 0 aliphatic carbocycles. The highest BCUT2D eigenvalue weighted by Crippen LogP contribution is 2.38. The monoisotopic (exact) mass is 381 g/mol. The van der Waals surface area contributed by atoms with Gasteiger partial charge in [0.05, 0.1) is 17.2 Å². The van der Waals surface area contributed by atoms with Gasteiger partial charge in [-0.15, -0.1) is 0 Å². The zero-order valence-electron chi connectivity index (χ0n) is 16.2. The minimum atomic E-state index is -0.503. The van der Waals surface area contributed by atoms with Gasteiger partial charge in [0.15, 0.2) is 17.1 Å². The summed E-state index contributed by atoms with van der Waals surface area (Å²) in [5.74, 6) is 3.14. The van der Waals surface area contributed by atoms with Gasteiger partial charge in [0.2, 0.25) is 6.79 Å². The molecule has 2 aliphatic heterocycles. The van der Waals surface area contributed by atoms with E-state index in [-0.39, 0.29) is 12.7 Å². The number of aliphatic hydroxyl groups is 1. The molecular weight excluding hydrogens is 358 g/mol. The maximum atomic E-state index is 10.9. The average molecular weight is 381 g/mol. The predicted molar refractivity (Wildman–Crippen MR) is 104 cm³/mol. The fourth-order valence-electron chi connectivity index (χ4n) is 4.31. The summed E-state index contributed by atoms with van der Waals surface area (Å²) in [6.07, 6.45) is 0.321. The fourth-order valence-corrected chi connectivity index (χ4v) is 4.31. The topological polar surface area (TPSA) is 85.5 Å². The number of aryl methyl sites for hydroxylation is 3. The molecule has 1 fully saturated rings. The smallest absolute Gasteiger partial charge is 0.231 e. The summed E-state index contributed by atoms with van der Waals surface area (Å²) in [7, 11) is 1.90. The van der Waals surface area contributed by atoms with E-state index >= 15 is 0 Å². The van der Waals surface area contributed by atoms with Crippen LogP contribution in [-0.4, -0.2) is 50.8 Å². The van der Waals surface area contributed by atoms with Crippen molar-refractivity contribution < 1.29 is 14.6 Å². The summed E-state index contributed by atoms with van der Waals surface area (Å²) in [4.78, 5) is 11.4. The Labute approximate surface area is 162 Å². The lowest BCUT2D eigenvalue weighted by Gasteiger charge is -2.37. The van der Waals surface area contributed by atoms with Gasteiger partial charge in [-0.25, -0.2) is 9.97 Å². The van der Waals surface area contributed by atoms with E-state index in [0.717, 1.165) is 52.6 Å². The third-order valence-electron chi connectivity index (χ3n) is 5.66. The molecule has 0 saturated carbocycles. The van der Waals surface area contributed by atoms with E-state index in [0.29, 0.717) is 12.4 Å². The molecule has 5 rings (SSSR count). The molecule has 0 radical (unpaired) electrons. The van der Waals surface area contributed by atoms with Crippen LogP contribution in [0.15, 0.2) is 18.2 Å². The second kappa shape index (κ2) is 6.34. The molecule has 0 bridgehead atoms.